The average molecular weight is 731 g/mol. The maximum absolute atomic E-state index is 12.0. The number of nitrogens with one attached hydrogen (secondary N) is 3. The third-order valence-electron chi connectivity index (χ3n) is 6.23. The number of fused-ring (bicyclic) bond motifs is 1. The highest BCUT2D eigenvalue weighted by Crippen LogP contribution is 2.35. The Morgan fingerprint density at radius 3 is 2.08 bits per heavy atom. The number of hydrogen-bond acceptors (Lipinski definition) is 14. The van der Waals surface area contributed by atoms with Crippen LogP contribution in [0.5, 0.6) is 0 Å². The van der Waals surface area contributed by atoms with Crippen molar-refractivity contribution in [1.82, 2.24) is 15.0 Å². The van der Waals surface area contributed by atoms with Crippen molar-refractivity contribution < 1.29 is 31.0 Å². The van der Waals surface area contributed by atoms with Gasteiger partial charge in [0.25, 0.3) is 20.2 Å². The standard InChI is InChI=1S/C28H23ClN8O6S3.CH4O/c1-3-44-17-11-13-25(46(41,42)43)23(15-17)32-28-34-26(29)33-27(35-28)31-16-10-12-21(22(14-16)30-2)37-36-20-8-4-7-19-18(20)6-5-9-24(19)45(38,39)40;1-2/h3-15,30H,1H2,2H3,(H,38,39,40)(H,41,42,43)(H2,31,32,33,34,35);2H,1H3. The largest absolute Gasteiger partial charge is 0.400 e. The molecule has 1 heterocycles. The van der Waals surface area contributed by atoms with E-state index in [4.69, 9.17) is 16.7 Å². The molecule has 0 radical (unpaired) electrons. The van der Waals surface area contributed by atoms with Crippen molar-refractivity contribution in [2.75, 3.05) is 30.1 Å². The van der Waals surface area contributed by atoms with Gasteiger partial charge in [0.05, 0.1) is 17.1 Å². The fourth-order valence-corrected chi connectivity index (χ4v) is 6.32. The molecule has 0 amide bonds. The summed E-state index contributed by atoms with van der Waals surface area (Å²) in [5, 5.41) is 26.6. The Morgan fingerprint density at radius 1 is 0.771 bits per heavy atom. The van der Waals surface area contributed by atoms with Gasteiger partial charge in [0, 0.05) is 35.5 Å². The minimum absolute atomic E-state index is 0.00940. The predicted octanol–water partition coefficient (Wildman–Crippen LogP) is 6.96. The first-order valence-corrected chi connectivity index (χ1v) is 17.5. The summed E-state index contributed by atoms with van der Waals surface area (Å²) < 4.78 is 66.8. The van der Waals surface area contributed by atoms with Crippen molar-refractivity contribution in [3.05, 3.63) is 90.1 Å². The van der Waals surface area contributed by atoms with Crippen LogP contribution in [0.15, 0.2) is 110 Å². The minimum Gasteiger partial charge on any atom is -0.400 e. The number of halogens is 1. The van der Waals surface area contributed by atoms with Crippen LogP contribution in [0.1, 0.15) is 0 Å². The van der Waals surface area contributed by atoms with Crippen LogP contribution >= 0.6 is 23.4 Å². The second-order valence-electron chi connectivity index (χ2n) is 9.20. The molecule has 0 fully saturated rings. The van der Waals surface area contributed by atoms with E-state index in [0.29, 0.717) is 38.4 Å². The van der Waals surface area contributed by atoms with Gasteiger partial charge in [-0.3, -0.25) is 9.11 Å². The van der Waals surface area contributed by atoms with Crippen LogP contribution in [-0.2, 0) is 20.2 Å². The Bertz CT molecular complexity index is 2240. The lowest BCUT2D eigenvalue weighted by atomic mass is 10.1. The normalized spacial score (nSPS) is 11.5. The minimum atomic E-state index is -4.58. The van der Waals surface area contributed by atoms with Crippen LogP contribution in [-0.4, -0.2) is 60.2 Å². The first-order valence-electron chi connectivity index (χ1n) is 13.4. The van der Waals surface area contributed by atoms with Gasteiger partial charge in [-0.05, 0) is 65.5 Å². The fourth-order valence-electron chi connectivity index (χ4n) is 4.30. The van der Waals surface area contributed by atoms with E-state index >= 15 is 0 Å². The smallest absolute Gasteiger partial charge is 0.296 e. The molecule has 0 aliphatic heterocycles. The van der Waals surface area contributed by atoms with Crippen molar-refractivity contribution in [2.24, 2.45) is 10.2 Å². The van der Waals surface area contributed by atoms with Gasteiger partial charge in [-0.15, -0.1) is 10.2 Å². The van der Waals surface area contributed by atoms with Crippen molar-refractivity contribution in [1.29, 1.82) is 0 Å². The van der Waals surface area contributed by atoms with E-state index in [-0.39, 0.29) is 27.8 Å². The molecule has 0 bridgehead atoms. The van der Waals surface area contributed by atoms with E-state index in [9.17, 15) is 25.9 Å². The molecule has 0 saturated heterocycles. The fraction of sp³-hybridized carbons (Fsp3) is 0.0690. The molecule has 0 atom stereocenters. The second kappa shape index (κ2) is 15.5. The van der Waals surface area contributed by atoms with E-state index in [1.165, 1.54) is 42.1 Å². The maximum Gasteiger partial charge on any atom is 0.296 e. The molecule has 19 heteroatoms. The van der Waals surface area contributed by atoms with Crippen molar-refractivity contribution >= 4 is 94.7 Å². The first-order chi connectivity index (χ1) is 22.9. The van der Waals surface area contributed by atoms with E-state index in [0.717, 1.165) is 7.11 Å². The van der Waals surface area contributed by atoms with Crippen molar-refractivity contribution in [3.8, 4) is 0 Å². The number of aliphatic hydroxyl groups excluding tert-OH is 1. The van der Waals surface area contributed by atoms with Gasteiger partial charge in [-0.1, -0.05) is 42.6 Å². The van der Waals surface area contributed by atoms with Crippen LogP contribution in [0.4, 0.5) is 40.3 Å². The van der Waals surface area contributed by atoms with Crippen LogP contribution in [0.2, 0.25) is 5.28 Å². The van der Waals surface area contributed by atoms with Gasteiger partial charge in [-0.2, -0.15) is 31.8 Å². The molecular weight excluding hydrogens is 704 g/mol. The molecule has 0 aliphatic rings. The second-order valence-corrected chi connectivity index (χ2v) is 13.4. The number of nitrogens with zero attached hydrogens (tertiary/aromatic N) is 5. The molecular formula is C29H27ClN8O7S3. The summed E-state index contributed by atoms with van der Waals surface area (Å²) in [7, 11) is -6.34. The van der Waals surface area contributed by atoms with Crippen LogP contribution in [0.25, 0.3) is 10.8 Å². The van der Waals surface area contributed by atoms with Gasteiger partial charge in [0.2, 0.25) is 17.2 Å². The summed E-state index contributed by atoms with van der Waals surface area (Å²) in [6.07, 6.45) is 0. The topological polar surface area (TPSA) is 228 Å². The van der Waals surface area contributed by atoms with E-state index in [1.807, 2.05) is 0 Å². The summed E-state index contributed by atoms with van der Waals surface area (Å²) in [6, 6.07) is 18.6. The molecule has 0 aliphatic carbocycles. The Hall–Kier alpha value is -4.69. The van der Waals surface area contributed by atoms with Gasteiger partial charge >= 0.3 is 0 Å². The Labute approximate surface area is 284 Å². The SMILES string of the molecule is C=CSc1ccc(S(=O)(=O)O)c(Nc2nc(Cl)nc(Nc3ccc(N=Nc4cccc5c(S(=O)(=O)O)cccc45)c(NC)c3)n2)c1.CO. The quantitative estimate of drug-likeness (QED) is 0.0459. The van der Waals surface area contributed by atoms with Crippen LogP contribution < -0.4 is 16.0 Å². The molecule has 0 saturated carbocycles. The van der Waals surface area contributed by atoms with Gasteiger partial charge in [0.15, 0.2) is 0 Å². The lowest BCUT2D eigenvalue weighted by Crippen LogP contribution is -2.07. The zero-order chi connectivity index (χ0) is 35.1. The summed E-state index contributed by atoms with van der Waals surface area (Å²) >= 11 is 7.38. The molecule has 15 nitrogen and oxygen atoms in total. The van der Waals surface area contributed by atoms with E-state index in [1.54, 1.807) is 54.9 Å². The monoisotopic (exact) mass is 730 g/mol. The summed E-state index contributed by atoms with van der Waals surface area (Å²) in [4.78, 5) is 12.4. The highest BCUT2D eigenvalue weighted by atomic mass is 35.5. The van der Waals surface area contributed by atoms with Crippen LogP contribution in [0.3, 0.4) is 0 Å². The number of benzene rings is 4. The molecule has 6 N–H and O–H groups in total. The number of anilines is 5. The highest BCUT2D eigenvalue weighted by molar-refractivity contribution is 8.02. The molecule has 250 valence electrons. The number of hydrogen-bond donors (Lipinski definition) is 6. The summed E-state index contributed by atoms with van der Waals surface area (Å²) in [6.45, 7) is 3.64. The van der Waals surface area contributed by atoms with Gasteiger partial charge in [-0.25, -0.2) is 0 Å². The lowest BCUT2D eigenvalue weighted by Gasteiger charge is -2.12. The van der Waals surface area contributed by atoms with Gasteiger partial charge in [0.1, 0.15) is 15.5 Å². The third-order valence-corrected chi connectivity index (χ3v) is 8.91. The number of azo groups is 1. The lowest BCUT2D eigenvalue weighted by molar-refractivity contribution is 0.399. The zero-order valence-corrected chi connectivity index (χ0v) is 28.2. The summed E-state index contributed by atoms with van der Waals surface area (Å²) in [5.74, 6) is -0.0750. The number of aromatic nitrogens is 3. The number of rotatable bonds is 11. The van der Waals surface area contributed by atoms with E-state index in [2.05, 4.69) is 47.7 Å². The van der Waals surface area contributed by atoms with Gasteiger partial charge < -0.3 is 21.1 Å². The maximum atomic E-state index is 12.0. The Balaban J connectivity index is 0.00000255. The van der Waals surface area contributed by atoms with E-state index < -0.39 is 25.1 Å². The molecule has 5 aromatic rings. The first kappa shape index (κ1) is 36.2. The highest BCUT2D eigenvalue weighted by Gasteiger charge is 2.18. The predicted molar refractivity (Wildman–Crippen MR) is 186 cm³/mol. The molecule has 0 spiro atoms. The van der Waals surface area contributed by atoms with Crippen molar-refractivity contribution in [3.63, 3.8) is 0 Å². The van der Waals surface area contributed by atoms with Crippen LogP contribution in [0, 0.1) is 0 Å². The molecule has 4 aromatic carbocycles. The summed E-state index contributed by atoms with van der Waals surface area (Å²) in [5.41, 5.74) is 1.91. The zero-order valence-electron chi connectivity index (χ0n) is 25.0. The molecule has 0 unspecified atom stereocenters. The molecule has 1 aromatic heterocycles. The third kappa shape index (κ3) is 8.81. The molecule has 48 heavy (non-hydrogen) atoms. The Kier molecular flexibility index (Phi) is 11.7. The molecule has 5 rings (SSSR count). The van der Waals surface area contributed by atoms with Crippen molar-refractivity contribution in [2.45, 2.75) is 14.7 Å². The average Bonchev–Trinajstić information content (AvgIpc) is 3.03. The number of aliphatic hydroxyl groups is 1. The number of thioether (sulfide) groups is 1. The Morgan fingerprint density at radius 2 is 1.42 bits per heavy atom.